The molecule has 0 unspecified atom stereocenters. The highest BCUT2D eigenvalue weighted by molar-refractivity contribution is 5.97. The molecule has 0 aliphatic rings. The largest absolute Gasteiger partial charge is 0.417 e. The van der Waals surface area contributed by atoms with Crippen molar-refractivity contribution < 1.29 is 23.1 Å². The van der Waals surface area contributed by atoms with Crippen LogP contribution < -0.4 is 10.2 Å². The predicted octanol–water partition coefficient (Wildman–Crippen LogP) is 4.94. The first-order valence-corrected chi connectivity index (χ1v) is 10.4. The molecule has 0 bridgehead atoms. The normalized spacial score (nSPS) is 12.7. The Morgan fingerprint density at radius 1 is 1.00 bits per heavy atom. The Bertz CT molecular complexity index is 1320. The monoisotopic (exact) mass is 478 g/mol. The van der Waals surface area contributed by atoms with Gasteiger partial charge in [0.25, 0.3) is 5.91 Å². The fourth-order valence-corrected chi connectivity index (χ4v) is 3.57. The van der Waals surface area contributed by atoms with Crippen LogP contribution in [0.3, 0.4) is 0 Å². The molecular weight excluding hydrogens is 457 g/mol. The maximum Gasteiger partial charge on any atom is 0.417 e. The first kappa shape index (κ1) is 25.3. The Labute approximate surface area is 200 Å². The van der Waals surface area contributed by atoms with Gasteiger partial charge in [0.1, 0.15) is 0 Å². The molecule has 1 atom stereocenters. The number of hydrogen-bond donors (Lipinski definition) is 2. The Kier molecular flexibility index (Phi) is 7.14. The van der Waals surface area contributed by atoms with Crippen molar-refractivity contribution in [2.45, 2.75) is 18.7 Å². The van der Waals surface area contributed by atoms with Crippen LogP contribution in [0, 0.1) is 22.7 Å². The second-order valence-electron chi connectivity index (χ2n) is 8.16. The minimum atomic E-state index is -4.78. The molecule has 0 heterocycles. The van der Waals surface area contributed by atoms with Gasteiger partial charge in [0.15, 0.2) is 5.60 Å². The molecule has 3 rings (SSSR count). The molecule has 0 aliphatic heterocycles. The van der Waals surface area contributed by atoms with E-state index in [9.17, 15) is 28.3 Å². The van der Waals surface area contributed by atoms with Gasteiger partial charge in [0.05, 0.1) is 35.4 Å². The number of carbonyl (C=O) groups excluding carboxylic acids is 1. The molecule has 9 heteroatoms. The molecule has 1 amide bonds. The highest BCUT2D eigenvalue weighted by atomic mass is 19.4. The topological polar surface area (TPSA) is 100 Å². The molecule has 35 heavy (non-hydrogen) atoms. The van der Waals surface area contributed by atoms with Gasteiger partial charge in [0, 0.05) is 24.0 Å². The molecule has 2 N–H and O–H groups in total. The number of alkyl halides is 3. The molecule has 0 spiro atoms. The number of nitrogens with zero attached hydrogens (tertiary/aromatic N) is 3. The van der Waals surface area contributed by atoms with Gasteiger partial charge < -0.3 is 15.3 Å². The number of rotatable bonds is 6. The minimum Gasteiger partial charge on any atom is -0.378 e. The summed E-state index contributed by atoms with van der Waals surface area (Å²) < 4.78 is 39.6. The standard InChI is InChI=1S/C26H21F3N4O2/c1-25(35,24(34)32-20-10-8-19(15-31)23(12-20)26(27,28)29)16-33(2)21-11-9-18(14-30)22(13-21)17-6-4-3-5-7-17/h3-13,35H,16H2,1-2H3,(H,32,34)/t25-/m0/s1. The third-order valence-electron chi connectivity index (χ3n) is 5.39. The summed E-state index contributed by atoms with van der Waals surface area (Å²) in [5, 5.41) is 31.5. The van der Waals surface area contributed by atoms with Gasteiger partial charge >= 0.3 is 6.18 Å². The number of halogens is 3. The lowest BCUT2D eigenvalue weighted by atomic mass is 9.98. The molecule has 6 nitrogen and oxygen atoms in total. The number of benzene rings is 3. The molecule has 0 aromatic heterocycles. The van der Waals surface area contributed by atoms with Crippen LogP contribution in [-0.4, -0.2) is 30.2 Å². The summed E-state index contributed by atoms with van der Waals surface area (Å²) in [5.74, 6) is -0.917. The second kappa shape index (κ2) is 9.88. The second-order valence-corrected chi connectivity index (χ2v) is 8.16. The molecule has 0 aliphatic carbocycles. The quantitative estimate of drug-likeness (QED) is 0.523. The predicted molar refractivity (Wildman–Crippen MR) is 125 cm³/mol. The van der Waals surface area contributed by atoms with E-state index in [1.165, 1.54) is 13.0 Å². The van der Waals surface area contributed by atoms with Crippen LogP contribution in [0.5, 0.6) is 0 Å². The maximum atomic E-state index is 13.2. The number of nitrogens with one attached hydrogen (secondary N) is 1. The molecule has 0 saturated carbocycles. The summed E-state index contributed by atoms with van der Waals surface area (Å²) in [4.78, 5) is 14.3. The van der Waals surface area contributed by atoms with E-state index < -0.39 is 28.8 Å². The van der Waals surface area contributed by atoms with E-state index in [1.54, 1.807) is 30.1 Å². The lowest BCUT2D eigenvalue weighted by Gasteiger charge is -2.30. The molecule has 3 aromatic rings. The summed E-state index contributed by atoms with van der Waals surface area (Å²) in [6, 6.07) is 20.7. The summed E-state index contributed by atoms with van der Waals surface area (Å²) in [5.41, 5.74) is -1.36. The van der Waals surface area contributed by atoms with Gasteiger partial charge in [-0.2, -0.15) is 23.7 Å². The number of carbonyl (C=O) groups is 1. The van der Waals surface area contributed by atoms with Crippen LogP contribution in [0.1, 0.15) is 23.6 Å². The number of nitriles is 2. The zero-order valence-corrected chi connectivity index (χ0v) is 18.9. The highest BCUT2D eigenvalue weighted by Crippen LogP contribution is 2.34. The van der Waals surface area contributed by atoms with E-state index in [1.807, 2.05) is 30.3 Å². The molecule has 0 saturated heterocycles. The summed E-state index contributed by atoms with van der Waals surface area (Å²) in [7, 11) is 1.64. The summed E-state index contributed by atoms with van der Waals surface area (Å²) >= 11 is 0. The lowest BCUT2D eigenvalue weighted by Crippen LogP contribution is -2.48. The van der Waals surface area contributed by atoms with E-state index in [0.717, 1.165) is 17.7 Å². The van der Waals surface area contributed by atoms with E-state index in [2.05, 4.69) is 11.4 Å². The molecule has 0 radical (unpaired) electrons. The van der Waals surface area contributed by atoms with Crippen LogP contribution in [0.15, 0.2) is 66.7 Å². The van der Waals surface area contributed by atoms with Gasteiger partial charge in [-0.15, -0.1) is 0 Å². The van der Waals surface area contributed by atoms with Crippen molar-refractivity contribution in [3.05, 3.63) is 83.4 Å². The zero-order valence-electron chi connectivity index (χ0n) is 18.9. The summed E-state index contributed by atoms with van der Waals surface area (Å²) in [6.45, 7) is 1.05. The highest BCUT2D eigenvalue weighted by Gasteiger charge is 2.35. The number of hydrogen-bond acceptors (Lipinski definition) is 5. The van der Waals surface area contributed by atoms with Crippen molar-refractivity contribution in [1.82, 2.24) is 0 Å². The van der Waals surface area contributed by atoms with Crippen molar-refractivity contribution in [3.63, 3.8) is 0 Å². The van der Waals surface area contributed by atoms with Crippen LogP contribution in [0.4, 0.5) is 24.5 Å². The third kappa shape index (κ3) is 5.78. The van der Waals surface area contributed by atoms with Crippen molar-refractivity contribution in [2.75, 3.05) is 23.8 Å². The van der Waals surface area contributed by atoms with Crippen molar-refractivity contribution in [1.29, 1.82) is 10.5 Å². The average molecular weight is 478 g/mol. The zero-order chi connectivity index (χ0) is 25.8. The molecule has 3 aromatic carbocycles. The fraction of sp³-hybridized carbons (Fsp3) is 0.192. The van der Waals surface area contributed by atoms with Gasteiger partial charge in [-0.1, -0.05) is 30.3 Å². The first-order chi connectivity index (χ1) is 16.5. The van der Waals surface area contributed by atoms with Crippen molar-refractivity contribution in [3.8, 4) is 23.3 Å². The van der Waals surface area contributed by atoms with Gasteiger partial charge in [0.2, 0.25) is 0 Å². The molecule has 178 valence electrons. The van der Waals surface area contributed by atoms with Crippen LogP contribution >= 0.6 is 0 Å². The van der Waals surface area contributed by atoms with Gasteiger partial charge in [-0.05, 0) is 48.9 Å². The molecule has 0 fully saturated rings. The molecular formula is C26H21F3N4O2. The Morgan fingerprint density at radius 2 is 1.63 bits per heavy atom. The Hall–Kier alpha value is -4.34. The van der Waals surface area contributed by atoms with Crippen LogP contribution in [0.2, 0.25) is 0 Å². The van der Waals surface area contributed by atoms with Crippen LogP contribution in [0.25, 0.3) is 11.1 Å². The Morgan fingerprint density at radius 3 is 2.23 bits per heavy atom. The number of aliphatic hydroxyl groups is 1. The average Bonchev–Trinajstić information content (AvgIpc) is 2.83. The number of likely N-dealkylation sites (N-methyl/N-ethyl adjacent to an activating group) is 1. The Balaban J connectivity index is 1.81. The minimum absolute atomic E-state index is 0.193. The number of anilines is 2. The number of amides is 1. The van der Waals surface area contributed by atoms with E-state index in [-0.39, 0.29) is 12.2 Å². The van der Waals surface area contributed by atoms with Gasteiger partial charge in [-0.3, -0.25) is 4.79 Å². The van der Waals surface area contributed by atoms with Gasteiger partial charge in [-0.25, -0.2) is 0 Å². The van der Waals surface area contributed by atoms with E-state index >= 15 is 0 Å². The SMILES string of the molecule is CN(C[C@](C)(O)C(=O)Nc1ccc(C#N)c(C(F)(F)F)c1)c1ccc(C#N)c(-c2ccccc2)c1. The van der Waals surface area contributed by atoms with E-state index in [4.69, 9.17) is 5.26 Å². The maximum absolute atomic E-state index is 13.2. The van der Waals surface area contributed by atoms with Crippen molar-refractivity contribution in [2.24, 2.45) is 0 Å². The van der Waals surface area contributed by atoms with Crippen LogP contribution in [-0.2, 0) is 11.0 Å². The fourth-order valence-electron chi connectivity index (χ4n) is 3.57. The summed E-state index contributed by atoms with van der Waals surface area (Å²) in [6.07, 6.45) is -4.78. The smallest absolute Gasteiger partial charge is 0.378 e. The van der Waals surface area contributed by atoms with E-state index in [0.29, 0.717) is 22.9 Å². The van der Waals surface area contributed by atoms with Crippen molar-refractivity contribution >= 4 is 17.3 Å². The lowest BCUT2D eigenvalue weighted by molar-refractivity contribution is -0.138. The third-order valence-corrected chi connectivity index (χ3v) is 5.39. The first-order valence-electron chi connectivity index (χ1n) is 10.4.